The van der Waals surface area contributed by atoms with Gasteiger partial charge in [-0.2, -0.15) is 0 Å². The van der Waals surface area contributed by atoms with Gasteiger partial charge in [0.25, 0.3) is 0 Å². The fourth-order valence-electron chi connectivity index (χ4n) is 2.40. The van der Waals surface area contributed by atoms with E-state index in [4.69, 9.17) is 16.1 Å². The molecule has 5 heteroatoms. The van der Waals surface area contributed by atoms with E-state index in [1.165, 1.54) is 12.1 Å². The van der Waals surface area contributed by atoms with Crippen LogP contribution in [0.2, 0.25) is 0 Å². The molecule has 0 spiro atoms. The maximum Gasteiger partial charge on any atom is 0.339 e. The second-order valence-corrected chi connectivity index (χ2v) is 4.94. The molecule has 22 heavy (non-hydrogen) atoms. The van der Waals surface area contributed by atoms with Crippen LogP contribution < -0.4 is 0 Å². The molecule has 3 aromatic rings. The number of aromatic hydroxyl groups is 1. The van der Waals surface area contributed by atoms with Crippen molar-refractivity contribution in [1.82, 2.24) is 0 Å². The van der Waals surface area contributed by atoms with Crippen molar-refractivity contribution in [2.75, 3.05) is 0 Å². The van der Waals surface area contributed by atoms with Crippen molar-refractivity contribution in [3.8, 4) is 16.9 Å². The van der Waals surface area contributed by atoms with Gasteiger partial charge >= 0.3 is 5.97 Å². The summed E-state index contributed by atoms with van der Waals surface area (Å²) in [6.45, 7) is 9.08. The molecule has 1 aromatic heterocycles. The molecule has 0 bridgehead atoms. The zero-order chi connectivity index (χ0) is 15.9. The molecule has 0 radical (unpaired) electrons. The number of carboxylic acid groups (broad SMARTS) is 1. The van der Waals surface area contributed by atoms with Crippen LogP contribution in [0.3, 0.4) is 0 Å². The summed E-state index contributed by atoms with van der Waals surface area (Å²) in [5.74, 6) is -1.52. The Labute approximate surface area is 125 Å². The van der Waals surface area contributed by atoms with Gasteiger partial charge in [0.2, 0.25) is 0 Å². The van der Waals surface area contributed by atoms with Gasteiger partial charge in [0.05, 0.1) is 12.8 Å². The monoisotopic (exact) mass is 293 g/mol. The van der Waals surface area contributed by atoms with Crippen LogP contribution in [0, 0.1) is 13.5 Å². The van der Waals surface area contributed by atoms with Crippen LogP contribution in [-0.4, -0.2) is 16.2 Å². The smallest absolute Gasteiger partial charge is 0.339 e. The number of fused-ring (bicyclic) bond motifs is 1. The van der Waals surface area contributed by atoms with E-state index < -0.39 is 5.97 Å². The lowest BCUT2D eigenvalue weighted by Gasteiger charge is -2.07. The maximum absolute atomic E-state index is 11.0. The Morgan fingerprint density at radius 3 is 2.68 bits per heavy atom. The molecule has 0 atom stereocenters. The fraction of sp³-hybridized carbons (Fsp3) is 0.0588. The van der Waals surface area contributed by atoms with E-state index in [0.717, 1.165) is 10.9 Å². The molecular weight excluding hydrogens is 282 g/mol. The second-order valence-electron chi connectivity index (χ2n) is 4.94. The average Bonchev–Trinajstić information content (AvgIpc) is 2.87. The molecule has 0 fully saturated rings. The van der Waals surface area contributed by atoms with Gasteiger partial charge in [-0.25, -0.2) is 9.64 Å². The standard InChI is InChI=1S/C17H11NO4/c1-9-8-22-16-13(9)6-11(18-2)7-14(16)10-3-4-12(17(20)21)15(19)5-10/h3-8,19H,1H3,(H,20,21). The predicted octanol–water partition coefficient (Wildman–Crippen LogP) is 4.36. The first kappa shape index (κ1) is 13.7. The average molecular weight is 293 g/mol. The van der Waals surface area contributed by atoms with Crippen LogP contribution in [0.25, 0.3) is 26.9 Å². The van der Waals surface area contributed by atoms with Crippen molar-refractivity contribution in [3.05, 3.63) is 59.1 Å². The number of aryl methyl sites for hydroxylation is 1. The molecule has 3 rings (SSSR count). The Balaban J connectivity index is 2.28. The minimum Gasteiger partial charge on any atom is -0.507 e. The van der Waals surface area contributed by atoms with Gasteiger partial charge in [0.1, 0.15) is 16.9 Å². The summed E-state index contributed by atoms with van der Waals surface area (Å²) < 4.78 is 5.55. The zero-order valence-corrected chi connectivity index (χ0v) is 11.6. The summed E-state index contributed by atoms with van der Waals surface area (Å²) in [5.41, 5.74) is 3.03. The summed E-state index contributed by atoms with van der Waals surface area (Å²) in [6, 6.07) is 7.69. The highest BCUT2D eigenvalue weighted by Gasteiger charge is 2.15. The number of hydrogen-bond donors (Lipinski definition) is 2. The molecule has 0 saturated heterocycles. The lowest BCUT2D eigenvalue weighted by atomic mass is 9.99. The number of furan rings is 1. The van der Waals surface area contributed by atoms with Gasteiger partial charge in [0, 0.05) is 10.9 Å². The van der Waals surface area contributed by atoms with Crippen molar-refractivity contribution >= 4 is 22.6 Å². The quantitative estimate of drug-likeness (QED) is 0.688. The molecule has 1 heterocycles. The first-order valence-corrected chi connectivity index (χ1v) is 6.47. The highest BCUT2D eigenvalue weighted by atomic mass is 16.4. The molecule has 0 amide bonds. The number of nitrogens with zero attached hydrogens (tertiary/aromatic N) is 1. The van der Waals surface area contributed by atoms with Crippen LogP contribution >= 0.6 is 0 Å². The van der Waals surface area contributed by atoms with E-state index in [0.29, 0.717) is 22.4 Å². The minimum absolute atomic E-state index is 0.169. The predicted molar refractivity (Wildman–Crippen MR) is 81.3 cm³/mol. The molecule has 0 saturated carbocycles. The maximum atomic E-state index is 11.0. The molecule has 5 nitrogen and oxygen atoms in total. The number of carboxylic acids is 1. The largest absolute Gasteiger partial charge is 0.507 e. The van der Waals surface area contributed by atoms with Crippen LogP contribution in [0.5, 0.6) is 5.75 Å². The third-order valence-electron chi connectivity index (χ3n) is 3.52. The number of phenols is 1. The van der Waals surface area contributed by atoms with Gasteiger partial charge < -0.3 is 14.6 Å². The van der Waals surface area contributed by atoms with E-state index in [1.54, 1.807) is 24.5 Å². The number of rotatable bonds is 2. The number of aromatic carboxylic acids is 1. The Morgan fingerprint density at radius 1 is 1.27 bits per heavy atom. The zero-order valence-electron chi connectivity index (χ0n) is 11.6. The topological polar surface area (TPSA) is 75.0 Å². The highest BCUT2D eigenvalue weighted by molar-refractivity contribution is 5.98. The minimum atomic E-state index is -1.20. The molecule has 0 aliphatic rings. The number of carbonyl (C=O) groups is 1. The first-order chi connectivity index (χ1) is 10.5. The van der Waals surface area contributed by atoms with Gasteiger partial charge in [-0.1, -0.05) is 6.07 Å². The van der Waals surface area contributed by atoms with Gasteiger partial charge in [-0.3, -0.25) is 0 Å². The Bertz CT molecular complexity index is 947. The summed E-state index contributed by atoms with van der Waals surface area (Å²) in [7, 11) is 0. The van der Waals surface area contributed by atoms with E-state index in [1.807, 2.05) is 6.92 Å². The molecule has 2 N–H and O–H groups in total. The van der Waals surface area contributed by atoms with E-state index >= 15 is 0 Å². The van der Waals surface area contributed by atoms with Crippen molar-refractivity contribution in [2.45, 2.75) is 6.92 Å². The molecule has 108 valence electrons. The van der Waals surface area contributed by atoms with Gasteiger partial charge in [-0.05, 0) is 42.3 Å². The third kappa shape index (κ3) is 2.07. The van der Waals surface area contributed by atoms with Crippen LogP contribution in [-0.2, 0) is 0 Å². The van der Waals surface area contributed by atoms with Crippen molar-refractivity contribution in [1.29, 1.82) is 0 Å². The van der Waals surface area contributed by atoms with Crippen molar-refractivity contribution in [3.63, 3.8) is 0 Å². The van der Waals surface area contributed by atoms with E-state index in [2.05, 4.69) is 4.85 Å². The molecule has 0 unspecified atom stereocenters. The Morgan fingerprint density at radius 2 is 2.05 bits per heavy atom. The number of benzene rings is 2. The summed E-state index contributed by atoms with van der Waals surface area (Å²) in [6.07, 6.45) is 1.60. The fourth-order valence-corrected chi connectivity index (χ4v) is 2.40. The SMILES string of the molecule is [C-]#[N+]c1cc(-c2ccc(C(=O)O)c(O)c2)c2occ(C)c2c1. The van der Waals surface area contributed by atoms with Crippen LogP contribution in [0.4, 0.5) is 5.69 Å². The lowest BCUT2D eigenvalue weighted by molar-refractivity contribution is 0.0694. The molecule has 0 aliphatic heterocycles. The Kier molecular flexibility index (Phi) is 3.08. The van der Waals surface area contributed by atoms with Gasteiger partial charge in [-0.15, -0.1) is 0 Å². The summed E-state index contributed by atoms with van der Waals surface area (Å²) >= 11 is 0. The third-order valence-corrected chi connectivity index (χ3v) is 3.52. The summed E-state index contributed by atoms with van der Waals surface area (Å²) in [4.78, 5) is 14.4. The van der Waals surface area contributed by atoms with Gasteiger partial charge in [0.15, 0.2) is 5.69 Å². The lowest BCUT2D eigenvalue weighted by Crippen LogP contribution is -1.96. The van der Waals surface area contributed by atoms with E-state index in [9.17, 15) is 9.90 Å². The highest BCUT2D eigenvalue weighted by Crippen LogP contribution is 2.37. The van der Waals surface area contributed by atoms with Crippen molar-refractivity contribution in [2.24, 2.45) is 0 Å². The normalized spacial score (nSPS) is 10.5. The van der Waals surface area contributed by atoms with Crippen molar-refractivity contribution < 1.29 is 19.4 Å². The first-order valence-electron chi connectivity index (χ1n) is 6.47. The van der Waals surface area contributed by atoms with E-state index in [-0.39, 0.29) is 11.3 Å². The summed E-state index contributed by atoms with van der Waals surface area (Å²) in [5, 5.41) is 19.6. The van der Waals surface area contributed by atoms with Crippen LogP contribution in [0.1, 0.15) is 15.9 Å². The molecule has 2 aromatic carbocycles. The Hall–Kier alpha value is -3.26. The van der Waals surface area contributed by atoms with Crippen LogP contribution in [0.15, 0.2) is 41.0 Å². The molecule has 0 aliphatic carbocycles. The second kappa shape index (κ2) is 4.93. The molecular formula is C17H11NO4. The number of hydrogen-bond acceptors (Lipinski definition) is 3.